The zero-order chi connectivity index (χ0) is 19.0. The minimum absolute atomic E-state index is 0.118. The Bertz CT molecular complexity index is 810. The minimum atomic E-state index is -4.38. The number of carbonyl (C=O) groups excluding carboxylic acids is 1. The highest BCUT2D eigenvalue weighted by Crippen LogP contribution is 2.34. The summed E-state index contributed by atoms with van der Waals surface area (Å²) in [7, 11) is 0. The van der Waals surface area contributed by atoms with Crippen LogP contribution in [0.25, 0.3) is 11.5 Å². The Balaban J connectivity index is 1.47. The van der Waals surface area contributed by atoms with Gasteiger partial charge in [0.15, 0.2) is 5.82 Å². The summed E-state index contributed by atoms with van der Waals surface area (Å²) in [5, 5.41) is 3.97. The van der Waals surface area contributed by atoms with Crippen LogP contribution in [-0.2, 0) is 11.0 Å². The number of benzene rings is 1. The number of nitrogens with zero attached hydrogens (tertiary/aromatic N) is 3. The largest absolute Gasteiger partial charge is 0.416 e. The first-order chi connectivity index (χ1) is 12.9. The van der Waals surface area contributed by atoms with Crippen molar-refractivity contribution in [3.05, 3.63) is 35.7 Å². The maximum Gasteiger partial charge on any atom is 0.416 e. The first-order valence-electron chi connectivity index (χ1n) is 9.22. The molecule has 1 atom stereocenters. The first-order valence-corrected chi connectivity index (χ1v) is 9.22. The molecular formula is C19H20F3N3O2. The van der Waals surface area contributed by atoms with Gasteiger partial charge in [0.05, 0.1) is 5.56 Å². The van der Waals surface area contributed by atoms with E-state index in [1.54, 1.807) is 0 Å². The van der Waals surface area contributed by atoms with Crippen LogP contribution in [0.15, 0.2) is 28.8 Å². The van der Waals surface area contributed by atoms with Crippen molar-refractivity contribution in [2.45, 2.75) is 56.7 Å². The molecule has 1 aromatic heterocycles. The number of rotatable bonds is 3. The molecule has 0 unspecified atom stereocenters. The fraction of sp³-hybridized carbons (Fsp3) is 0.526. The lowest BCUT2D eigenvalue weighted by Gasteiger charge is -2.31. The summed E-state index contributed by atoms with van der Waals surface area (Å²) in [6, 6.07) is 4.91. The van der Waals surface area contributed by atoms with Gasteiger partial charge in [-0.2, -0.15) is 18.2 Å². The Hall–Kier alpha value is -2.38. The second-order valence-electron chi connectivity index (χ2n) is 7.27. The Morgan fingerprint density at radius 3 is 2.44 bits per heavy atom. The van der Waals surface area contributed by atoms with E-state index >= 15 is 0 Å². The van der Waals surface area contributed by atoms with Crippen LogP contribution in [0.3, 0.4) is 0 Å². The van der Waals surface area contributed by atoms with E-state index in [1.165, 1.54) is 18.6 Å². The van der Waals surface area contributed by atoms with Crippen LogP contribution < -0.4 is 0 Å². The topological polar surface area (TPSA) is 59.2 Å². The van der Waals surface area contributed by atoms with Crippen LogP contribution in [-0.4, -0.2) is 33.5 Å². The normalized spacial score (nSPS) is 21.8. The maximum absolute atomic E-state index is 12.7. The molecule has 0 bridgehead atoms. The van der Waals surface area contributed by atoms with Crippen LogP contribution in [0.5, 0.6) is 0 Å². The zero-order valence-electron chi connectivity index (χ0n) is 14.7. The average Bonchev–Trinajstić information content (AvgIpc) is 3.29. The summed E-state index contributed by atoms with van der Waals surface area (Å²) in [5.74, 6) is 0.595. The van der Waals surface area contributed by atoms with Crippen molar-refractivity contribution in [1.82, 2.24) is 15.0 Å². The van der Waals surface area contributed by atoms with Crippen molar-refractivity contribution in [2.24, 2.45) is 0 Å². The van der Waals surface area contributed by atoms with Gasteiger partial charge in [-0.1, -0.05) is 24.4 Å². The van der Waals surface area contributed by atoms with Crippen LogP contribution in [0.4, 0.5) is 13.2 Å². The van der Waals surface area contributed by atoms with Gasteiger partial charge >= 0.3 is 6.18 Å². The van der Waals surface area contributed by atoms with Gasteiger partial charge in [0.2, 0.25) is 5.91 Å². The lowest BCUT2D eigenvalue weighted by Crippen LogP contribution is -2.37. The van der Waals surface area contributed by atoms with Crippen LogP contribution in [0.1, 0.15) is 55.8 Å². The van der Waals surface area contributed by atoms with Crippen molar-refractivity contribution in [2.75, 3.05) is 6.54 Å². The van der Waals surface area contributed by atoms with Gasteiger partial charge in [0.25, 0.3) is 5.89 Å². The predicted molar refractivity (Wildman–Crippen MR) is 90.7 cm³/mol. The molecule has 0 radical (unpaired) electrons. The second kappa shape index (κ2) is 6.98. The number of likely N-dealkylation sites (tertiary alicyclic amines) is 1. The van der Waals surface area contributed by atoms with Gasteiger partial charge in [0, 0.05) is 30.5 Å². The van der Waals surface area contributed by atoms with E-state index in [1.807, 2.05) is 4.90 Å². The van der Waals surface area contributed by atoms with Crippen molar-refractivity contribution >= 4 is 5.91 Å². The summed E-state index contributed by atoms with van der Waals surface area (Å²) in [6.45, 7) is 0.579. The standard InChI is InChI=1S/C19H20F3N3O2/c20-19(21,22)14-8-6-12(7-9-14)18-23-17(24-27-18)13-10-16(26)25(11-13)15-4-2-1-3-5-15/h6-9,13,15H,1-5,10-11H2/t13-/m1/s1. The molecule has 2 aliphatic rings. The molecule has 1 aromatic carbocycles. The van der Waals surface area contributed by atoms with Gasteiger partial charge in [-0.25, -0.2) is 0 Å². The Morgan fingerprint density at radius 2 is 1.78 bits per heavy atom. The maximum atomic E-state index is 12.7. The molecule has 2 aromatic rings. The number of hydrogen-bond acceptors (Lipinski definition) is 4. The quantitative estimate of drug-likeness (QED) is 0.793. The molecule has 0 N–H and O–H groups in total. The van der Waals surface area contributed by atoms with Gasteiger partial charge < -0.3 is 9.42 Å². The van der Waals surface area contributed by atoms with E-state index < -0.39 is 11.7 Å². The van der Waals surface area contributed by atoms with E-state index in [4.69, 9.17) is 4.52 Å². The van der Waals surface area contributed by atoms with Crippen LogP contribution in [0, 0.1) is 0 Å². The van der Waals surface area contributed by atoms with Crippen molar-refractivity contribution < 1.29 is 22.5 Å². The summed E-state index contributed by atoms with van der Waals surface area (Å²) >= 11 is 0. The summed E-state index contributed by atoms with van der Waals surface area (Å²) in [4.78, 5) is 18.7. The van der Waals surface area contributed by atoms with Crippen molar-refractivity contribution in [1.29, 1.82) is 0 Å². The summed E-state index contributed by atoms with van der Waals surface area (Å²) in [5.41, 5.74) is -0.300. The molecule has 5 nitrogen and oxygen atoms in total. The monoisotopic (exact) mass is 379 g/mol. The molecule has 1 aliphatic heterocycles. The zero-order valence-corrected chi connectivity index (χ0v) is 14.7. The molecule has 2 fully saturated rings. The Labute approximate surface area is 154 Å². The second-order valence-corrected chi connectivity index (χ2v) is 7.27. The SMILES string of the molecule is O=C1C[C@@H](c2noc(-c3ccc(C(F)(F)F)cc3)n2)CN1C1CCCCC1. The number of hydrogen-bond donors (Lipinski definition) is 0. The fourth-order valence-corrected chi connectivity index (χ4v) is 3.97. The molecule has 1 saturated carbocycles. The molecule has 0 spiro atoms. The van der Waals surface area contributed by atoms with E-state index in [9.17, 15) is 18.0 Å². The third-order valence-electron chi connectivity index (χ3n) is 5.44. The molecule has 1 amide bonds. The number of halogens is 3. The molecule has 4 rings (SSSR count). The highest BCUT2D eigenvalue weighted by molar-refractivity contribution is 5.80. The summed E-state index contributed by atoms with van der Waals surface area (Å²) < 4.78 is 43.2. The Kier molecular flexibility index (Phi) is 4.65. The van der Waals surface area contributed by atoms with E-state index in [2.05, 4.69) is 10.1 Å². The van der Waals surface area contributed by atoms with E-state index in [0.29, 0.717) is 30.4 Å². The number of aromatic nitrogens is 2. The molecular weight excluding hydrogens is 359 g/mol. The first kappa shape index (κ1) is 18.0. The molecule has 1 saturated heterocycles. The van der Waals surface area contributed by atoms with Crippen LogP contribution >= 0.6 is 0 Å². The average molecular weight is 379 g/mol. The molecule has 144 valence electrons. The summed E-state index contributed by atoms with van der Waals surface area (Å²) in [6.07, 6.45) is 1.58. The minimum Gasteiger partial charge on any atom is -0.339 e. The van der Waals surface area contributed by atoms with Crippen molar-refractivity contribution in [3.8, 4) is 11.5 Å². The van der Waals surface area contributed by atoms with E-state index in [-0.39, 0.29) is 17.7 Å². The van der Waals surface area contributed by atoms with Gasteiger partial charge in [-0.15, -0.1) is 0 Å². The third-order valence-corrected chi connectivity index (χ3v) is 5.44. The predicted octanol–water partition coefficient (Wildman–Crippen LogP) is 4.40. The van der Waals surface area contributed by atoms with Gasteiger partial charge in [-0.3, -0.25) is 4.79 Å². The smallest absolute Gasteiger partial charge is 0.339 e. The molecule has 27 heavy (non-hydrogen) atoms. The lowest BCUT2D eigenvalue weighted by atomic mass is 9.94. The molecule has 8 heteroatoms. The number of alkyl halides is 3. The molecule has 2 heterocycles. The Morgan fingerprint density at radius 1 is 1.07 bits per heavy atom. The van der Waals surface area contributed by atoms with Gasteiger partial charge in [-0.05, 0) is 37.1 Å². The number of amides is 1. The van der Waals surface area contributed by atoms with Crippen molar-refractivity contribution in [3.63, 3.8) is 0 Å². The third kappa shape index (κ3) is 3.70. The number of carbonyl (C=O) groups is 1. The lowest BCUT2D eigenvalue weighted by molar-refractivity contribution is -0.137. The highest BCUT2D eigenvalue weighted by atomic mass is 19.4. The van der Waals surface area contributed by atoms with Crippen LogP contribution in [0.2, 0.25) is 0 Å². The van der Waals surface area contributed by atoms with Gasteiger partial charge in [0.1, 0.15) is 0 Å². The molecule has 1 aliphatic carbocycles. The van der Waals surface area contributed by atoms with E-state index in [0.717, 1.165) is 37.8 Å². The highest BCUT2D eigenvalue weighted by Gasteiger charge is 2.37. The fourth-order valence-electron chi connectivity index (χ4n) is 3.97.